The van der Waals surface area contributed by atoms with E-state index in [1.165, 1.54) is 11.8 Å². The lowest BCUT2D eigenvalue weighted by Gasteiger charge is -2.09. The molecule has 0 saturated carbocycles. The molecule has 0 spiro atoms. The minimum absolute atomic E-state index is 0.521. The normalized spacial score (nSPS) is 10.5. The van der Waals surface area contributed by atoms with Crippen LogP contribution >= 0.6 is 46.6 Å². The van der Waals surface area contributed by atoms with E-state index in [1.807, 2.05) is 31.2 Å². The van der Waals surface area contributed by atoms with Crippen LogP contribution in [0.15, 0.2) is 40.3 Å². The number of benzene rings is 1. The predicted octanol–water partition coefficient (Wildman–Crippen LogP) is 5.62. The Morgan fingerprint density at radius 2 is 1.79 bits per heavy atom. The van der Waals surface area contributed by atoms with Gasteiger partial charge in [-0.05, 0) is 37.3 Å². The summed E-state index contributed by atoms with van der Waals surface area (Å²) in [6.45, 7) is 2.73. The minimum Gasteiger partial charge on any atom is -0.369 e. The van der Waals surface area contributed by atoms with Crippen molar-refractivity contribution in [3.63, 3.8) is 0 Å². The van der Waals surface area contributed by atoms with Crippen LogP contribution in [0.1, 0.15) is 6.92 Å². The van der Waals surface area contributed by atoms with Crippen molar-refractivity contribution >= 4 is 52.4 Å². The maximum Gasteiger partial charge on any atom is 0.146 e. The van der Waals surface area contributed by atoms with Crippen molar-refractivity contribution in [3.05, 3.63) is 45.4 Å². The average Bonchev–Trinajstić information content (AvgIpc) is 2.38. The molecule has 100 valence electrons. The van der Waals surface area contributed by atoms with Crippen molar-refractivity contribution in [2.45, 2.75) is 16.8 Å². The van der Waals surface area contributed by atoms with Crippen LogP contribution in [0.3, 0.4) is 0 Å². The van der Waals surface area contributed by atoms with Crippen LogP contribution in [0.25, 0.3) is 0 Å². The number of halogens is 3. The van der Waals surface area contributed by atoms with Gasteiger partial charge in [-0.1, -0.05) is 46.6 Å². The molecule has 0 fully saturated rings. The molecule has 0 saturated heterocycles. The second-order valence-corrected chi connectivity index (χ2v) is 6.01. The monoisotopic (exact) mass is 332 g/mol. The fourth-order valence-electron chi connectivity index (χ4n) is 1.43. The third kappa shape index (κ3) is 3.93. The molecule has 6 heteroatoms. The average molecular weight is 334 g/mol. The highest BCUT2D eigenvalue weighted by molar-refractivity contribution is 7.99. The first kappa shape index (κ1) is 14.8. The van der Waals surface area contributed by atoms with Gasteiger partial charge in [-0.3, -0.25) is 0 Å². The van der Waals surface area contributed by atoms with E-state index in [0.717, 1.165) is 11.4 Å². The SMILES string of the molecule is CCNc1nc(Sc2ccc(Cl)cc2)c(Cl)cc1Cl. The Morgan fingerprint density at radius 1 is 1.11 bits per heavy atom. The van der Waals surface area contributed by atoms with E-state index < -0.39 is 0 Å². The van der Waals surface area contributed by atoms with Gasteiger partial charge in [0.25, 0.3) is 0 Å². The van der Waals surface area contributed by atoms with Crippen molar-refractivity contribution in [1.29, 1.82) is 0 Å². The van der Waals surface area contributed by atoms with Gasteiger partial charge in [0.15, 0.2) is 0 Å². The minimum atomic E-state index is 0.521. The van der Waals surface area contributed by atoms with E-state index in [-0.39, 0.29) is 0 Å². The highest BCUT2D eigenvalue weighted by Gasteiger charge is 2.10. The van der Waals surface area contributed by atoms with E-state index in [4.69, 9.17) is 34.8 Å². The molecule has 2 aromatic rings. The highest BCUT2D eigenvalue weighted by atomic mass is 35.5. The van der Waals surface area contributed by atoms with Gasteiger partial charge in [-0.2, -0.15) is 0 Å². The summed E-state index contributed by atoms with van der Waals surface area (Å²) in [5.74, 6) is 0.644. The Morgan fingerprint density at radius 3 is 2.42 bits per heavy atom. The molecule has 2 rings (SSSR count). The van der Waals surface area contributed by atoms with Crippen LogP contribution in [-0.4, -0.2) is 11.5 Å². The summed E-state index contributed by atoms with van der Waals surface area (Å²) in [4.78, 5) is 5.45. The summed E-state index contributed by atoms with van der Waals surface area (Å²) in [7, 11) is 0. The van der Waals surface area contributed by atoms with Gasteiger partial charge in [0, 0.05) is 16.5 Å². The van der Waals surface area contributed by atoms with Crippen LogP contribution in [0.5, 0.6) is 0 Å². The zero-order valence-electron chi connectivity index (χ0n) is 10.1. The third-order valence-electron chi connectivity index (χ3n) is 2.27. The van der Waals surface area contributed by atoms with Crippen LogP contribution in [0.2, 0.25) is 15.1 Å². The molecule has 0 aliphatic carbocycles. The maximum atomic E-state index is 6.16. The summed E-state index contributed by atoms with van der Waals surface area (Å²) in [5.41, 5.74) is 0. The fourth-order valence-corrected chi connectivity index (χ4v) is 2.88. The number of nitrogens with zero attached hydrogens (tertiary/aromatic N) is 1. The Labute approximate surface area is 131 Å². The maximum absolute atomic E-state index is 6.16. The molecule has 0 bridgehead atoms. The lowest BCUT2D eigenvalue weighted by atomic mass is 10.4. The first-order valence-corrected chi connectivity index (χ1v) is 7.58. The van der Waals surface area contributed by atoms with Gasteiger partial charge < -0.3 is 5.32 Å². The quantitative estimate of drug-likeness (QED) is 0.785. The van der Waals surface area contributed by atoms with Crippen LogP contribution in [0.4, 0.5) is 5.82 Å². The van der Waals surface area contributed by atoms with Gasteiger partial charge >= 0.3 is 0 Å². The molecule has 0 unspecified atom stereocenters. The first-order valence-electron chi connectivity index (χ1n) is 5.63. The summed E-state index contributed by atoms with van der Waals surface area (Å²) in [5, 5.41) is 5.57. The number of hydrogen-bond donors (Lipinski definition) is 1. The predicted molar refractivity (Wildman–Crippen MR) is 84.0 cm³/mol. The lowest BCUT2D eigenvalue weighted by molar-refractivity contribution is 1.08. The van der Waals surface area contributed by atoms with E-state index in [1.54, 1.807) is 6.07 Å². The standard InChI is InChI=1S/C13H11Cl3N2S/c1-2-17-12-10(15)7-11(16)13(18-12)19-9-5-3-8(14)4-6-9/h3-7H,2H2,1H3,(H,17,18). The van der Waals surface area contributed by atoms with Gasteiger partial charge in [0.2, 0.25) is 0 Å². The van der Waals surface area contributed by atoms with Crippen LogP contribution in [-0.2, 0) is 0 Å². The summed E-state index contributed by atoms with van der Waals surface area (Å²) < 4.78 is 0. The zero-order valence-corrected chi connectivity index (χ0v) is 13.2. The molecule has 0 atom stereocenters. The third-order valence-corrected chi connectivity index (χ3v) is 4.22. The summed E-state index contributed by atoms with van der Waals surface area (Å²) in [6, 6.07) is 9.21. The smallest absolute Gasteiger partial charge is 0.146 e. The molecular formula is C13H11Cl3N2S. The van der Waals surface area contributed by atoms with E-state index in [0.29, 0.717) is 25.9 Å². The number of pyridine rings is 1. The Balaban J connectivity index is 2.28. The van der Waals surface area contributed by atoms with Gasteiger partial charge in [-0.25, -0.2) is 4.98 Å². The second-order valence-electron chi connectivity index (χ2n) is 3.69. The molecule has 0 aliphatic rings. The molecule has 0 aliphatic heterocycles. The van der Waals surface area contributed by atoms with Crippen molar-refractivity contribution in [2.75, 3.05) is 11.9 Å². The molecule has 2 nitrogen and oxygen atoms in total. The second kappa shape index (κ2) is 6.71. The largest absolute Gasteiger partial charge is 0.369 e. The van der Waals surface area contributed by atoms with Gasteiger partial charge in [-0.15, -0.1) is 0 Å². The molecule has 19 heavy (non-hydrogen) atoms. The summed E-state index contributed by atoms with van der Waals surface area (Å²) in [6.07, 6.45) is 0. The van der Waals surface area contributed by atoms with Crippen molar-refractivity contribution in [1.82, 2.24) is 4.98 Å². The molecule has 0 radical (unpaired) electrons. The topological polar surface area (TPSA) is 24.9 Å². The number of hydrogen-bond acceptors (Lipinski definition) is 3. The number of anilines is 1. The lowest BCUT2D eigenvalue weighted by Crippen LogP contribution is -2.00. The van der Waals surface area contributed by atoms with Crippen molar-refractivity contribution in [3.8, 4) is 0 Å². The molecule has 1 heterocycles. The Bertz CT molecular complexity index is 573. The number of nitrogens with one attached hydrogen (secondary N) is 1. The summed E-state index contributed by atoms with van der Waals surface area (Å²) >= 11 is 19.6. The van der Waals surface area contributed by atoms with Crippen molar-refractivity contribution < 1.29 is 0 Å². The van der Waals surface area contributed by atoms with Crippen LogP contribution in [0, 0.1) is 0 Å². The Hall–Kier alpha value is -0.610. The highest BCUT2D eigenvalue weighted by Crippen LogP contribution is 2.36. The van der Waals surface area contributed by atoms with Gasteiger partial charge in [0.05, 0.1) is 10.0 Å². The molecule has 1 aromatic carbocycles. The first-order chi connectivity index (χ1) is 9.10. The van der Waals surface area contributed by atoms with E-state index >= 15 is 0 Å². The van der Waals surface area contributed by atoms with Gasteiger partial charge in [0.1, 0.15) is 10.8 Å². The van der Waals surface area contributed by atoms with Crippen molar-refractivity contribution in [2.24, 2.45) is 0 Å². The van der Waals surface area contributed by atoms with E-state index in [2.05, 4.69) is 10.3 Å². The number of aromatic nitrogens is 1. The fraction of sp³-hybridized carbons (Fsp3) is 0.154. The Kier molecular flexibility index (Phi) is 5.22. The van der Waals surface area contributed by atoms with Crippen LogP contribution < -0.4 is 5.32 Å². The molecular weight excluding hydrogens is 323 g/mol. The molecule has 1 N–H and O–H groups in total. The molecule has 1 aromatic heterocycles. The number of rotatable bonds is 4. The van der Waals surface area contributed by atoms with E-state index in [9.17, 15) is 0 Å². The zero-order chi connectivity index (χ0) is 13.8. The molecule has 0 amide bonds.